The van der Waals surface area contributed by atoms with E-state index in [1.54, 1.807) is 18.3 Å². The van der Waals surface area contributed by atoms with Gasteiger partial charge in [0.1, 0.15) is 16.5 Å². The van der Waals surface area contributed by atoms with E-state index < -0.39 is 0 Å². The van der Waals surface area contributed by atoms with E-state index in [1.165, 1.54) is 34.9 Å². The molecule has 0 radical (unpaired) electrons. The highest BCUT2D eigenvalue weighted by Crippen LogP contribution is 2.39. The number of ketones is 1. The minimum atomic E-state index is -0.195. The maximum Gasteiger partial charge on any atom is 0.259 e. The van der Waals surface area contributed by atoms with Crippen LogP contribution in [0.4, 0.5) is 0 Å². The summed E-state index contributed by atoms with van der Waals surface area (Å²) in [6.07, 6.45) is 3.07. The van der Waals surface area contributed by atoms with Crippen LogP contribution in [0.15, 0.2) is 27.5 Å². The first-order chi connectivity index (χ1) is 14.5. The van der Waals surface area contributed by atoms with E-state index in [1.807, 2.05) is 0 Å². The van der Waals surface area contributed by atoms with Gasteiger partial charge in [-0.05, 0) is 43.7 Å². The Morgan fingerprint density at radius 1 is 1.37 bits per heavy atom. The third-order valence-electron chi connectivity index (χ3n) is 5.07. The predicted molar refractivity (Wildman–Crippen MR) is 120 cm³/mol. The molecule has 30 heavy (non-hydrogen) atoms. The first kappa shape index (κ1) is 19.7. The molecule has 0 aliphatic heterocycles. The molecule has 4 aromatic heterocycles. The van der Waals surface area contributed by atoms with Crippen molar-refractivity contribution < 1.29 is 4.79 Å². The Hall–Kier alpha value is -2.30. The Labute approximate surface area is 184 Å². The zero-order valence-electron chi connectivity index (χ0n) is 16.5. The fourth-order valence-electron chi connectivity index (χ4n) is 3.52. The van der Waals surface area contributed by atoms with Gasteiger partial charge < -0.3 is 9.55 Å². The van der Waals surface area contributed by atoms with E-state index >= 15 is 0 Å². The minimum absolute atomic E-state index is 0.0402. The minimum Gasteiger partial charge on any atom is -0.309 e. The number of hydrogen-bond acceptors (Lipinski definition) is 8. The summed E-state index contributed by atoms with van der Waals surface area (Å²) in [5, 5.41) is 12.3. The summed E-state index contributed by atoms with van der Waals surface area (Å²) < 4.78 is 2.24. The number of hydrogen-bond donors (Lipinski definition) is 1. The fraction of sp³-hybridized carbons (Fsp3) is 0.350. The zero-order chi connectivity index (χ0) is 20.8. The molecule has 7 nitrogen and oxygen atoms in total. The number of rotatable bonds is 7. The first-order valence-corrected chi connectivity index (χ1v) is 12.3. The third-order valence-corrected chi connectivity index (χ3v) is 8.18. The highest BCUT2D eigenvalue weighted by molar-refractivity contribution is 7.98. The van der Waals surface area contributed by atoms with Crippen molar-refractivity contribution in [1.29, 1.82) is 0 Å². The Bertz CT molecular complexity index is 1300. The molecule has 0 saturated heterocycles. The number of Topliss-reactive ketones (excluding diaryl/α,β-unsaturated/α-hetero) is 1. The molecular formula is C20H19N5O2S3. The molecule has 0 unspecified atom stereocenters. The molecule has 4 heterocycles. The van der Waals surface area contributed by atoms with Crippen LogP contribution in [0.2, 0.25) is 0 Å². The topological polar surface area (TPSA) is 93.5 Å². The molecule has 4 aromatic rings. The fourth-order valence-corrected chi connectivity index (χ4v) is 6.21. The Morgan fingerprint density at radius 3 is 2.90 bits per heavy atom. The van der Waals surface area contributed by atoms with Crippen molar-refractivity contribution in [1.82, 2.24) is 24.7 Å². The van der Waals surface area contributed by atoms with Crippen molar-refractivity contribution in [2.45, 2.75) is 50.1 Å². The lowest BCUT2D eigenvalue weighted by Crippen LogP contribution is -2.11. The van der Waals surface area contributed by atoms with Crippen LogP contribution in [-0.4, -0.2) is 30.5 Å². The SMILES string of the molecule is CC(=O)c1sc2nc(CSc3nnc(Cc4cccs4)n3C3CC3)[nH]c(=O)c2c1C. The molecule has 1 N–H and O–H groups in total. The van der Waals surface area contributed by atoms with Gasteiger partial charge in [-0.25, -0.2) is 4.98 Å². The number of fused-ring (bicyclic) bond motifs is 1. The van der Waals surface area contributed by atoms with Gasteiger partial charge in [-0.1, -0.05) is 17.8 Å². The predicted octanol–water partition coefficient (Wildman–Crippen LogP) is 4.37. The number of aromatic amines is 1. The summed E-state index contributed by atoms with van der Waals surface area (Å²) in [5.74, 6) is 2.02. The molecule has 0 aromatic carbocycles. The second-order valence-electron chi connectivity index (χ2n) is 7.35. The van der Waals surface area contributed by atoms with Crippen LogP contribution >= 0.6 is 34.4 Å². The van der Waals surface area contributed by atoms with Gasteiger partial charge in [-0.2, -0.15) is 0 Å². The van der Waals surface area contributed by atoms with Crippen LogP contribution in [0.25, 0.3) is 10.2 Å². The van der Waals surface area contributed by atoms with Gasteiger partial charge in [0.25, 0.3) is 5.56 Å². The van der Waals surface area contributed by atoms with Crippen LogP contribution in [0.1, 0.15) is 57.6 Å². The average molecular weight is 458 g/mol. The maximum absolute atomic E-state index is 12.6. The molecule has 10 heteroatoms. The van der Waals surface area contributed by atoms with E-state index in [2.05, 4.69) is 42.2 Å². The van der Waals surface area contributed by atoms with Crippen molar-refractivity contribution in [3.05, 3.63) is 54.8 Å². The number of aromatic nitrogens is 5. The van der Waals surface area contributed by atoms with Gasteiger partial charge in [-0.3, -0.25) is 9.59 Å². The Balaban J connectivity index is 1.41. The highest BCUT2D eigenvalue weighted by atomic mass is 32.2. The van der Waals surface area contributed by atoms with Crippen molar-refractivity contribution in [2.24, 2.45) is 0 Å². The monoisotopic (exact) mass is 457 g/mol. The molecule has 0 bridgehead atoms. The molecular weight excluding hydrogens is 438 g/mol. The molecule has 1 aliphatic carbocycles. The second-order valence-corrected chi connectivity index (χ2v) is 10.3. The van der Waals surface area contributed by atoms with Crippen molar-refractivity contribution in [3.8, 4) is 0 Å². The quantitative estimate of drug-likeness (QED) is 0.327. The van der Waals surface area contributed by atoms with Crippen LogP contribution in [0, 0.1) is 6.92 Å². The molecule has 0 atom stereocenters. The average Bonchev–Trinajstić information content (AvgIpc) is 3.10. The normalized spacial score (nSPS) is 13.9. The lowest BCUT2D eigenvalue weighted by molar-refractivity contribution is 0.102. The number of H-pyrrole nitrogens is 1. The zero-order valence-corrected chi connectivity index (χ0v) is 18.9. The molecule has 0 amide bonds. The van der Waals surface area contributed by atoms with Crippen LogP contribution in [0.5, 0.6) is 0 Å². The van der Waals surface area contributed by atoms with E-state index in [9.17, 15) is 9.59 Å². The van der Waals surface area contributed by atoms with Gasteiger partial charge in [0.15, 0.2) is 10.9 Å². The van der Waals surface area contributed by atoms with Crippen molar-refractivity contribution in [3.63, 3.8) is 0 Å². The smallest absolute Gasteiger partial charge is 0.259 e. The Morgan fingerprint density at radius 2 is 2.20 bits per heavy atom. The van der Waals surface area contributed by atoms with Gasteiger partial charge in [0.05, 0.1) is 16.0 Å². The van der Waals surface area contributed by atoms with Gasteiger partial charge in [0.2, 0.25) is 0 Å². The number of nitrogens with zero attached hydrogens (tertiary/aromatic N) is 4. The third kappa shape index (κ3) is 3.63. The van der Waals surface area contributed by atoms with Crippen LogP contribution in [0.3, 0.4) is 0 Å². The molecule has 1 saturated carbocycles. The summed E-state index contributed by atoms with van der Waals surface area (Å²) in [5.41, 5.74) is 0.515. The van der Waals surface area contributed by atoms with Crippen LogP contribution < -0.4 is 5.56 Å². The maximum atomic E-state index is 12.6. The van der Waals surface area contributed by atoms with E-state index in [4.69, 9.17) is 0 Å². The second kappa shape index (κ2) is 7.75. The summed E-state index contributed by atoms with van der Waals surface area (Å²) in [6.45, 7) is 3.31. The van der Waals surface area contributed by atoms with E-state index in [-0.39, 0.29) is 11.3 Å². The van der Waals surface area contributed by atoms with Gasteiger partial charge in [-0.15, -0.1) is 32.9 Å². The summed E-state index contributed by atoms with van der Waals surface area (Å²) >= 11 is 4.54. The summed E-state index contributed by atoms with van der Waals surface area (Å²) in [6, 6.07) is 4.63. The summed E-state index contributed by atoms with van der Waals surface area (Å²) in [7, 11) is 0. The lowest BCUT2D eigenvalue weighted by atomic mass is 10.2. The lowest BCUT2D eigenvalue weighted by Gasteiger charge is -2.08. The van der Waals surface area contributed by atoms with E-state index in [0.29, 0.717) is 38.3 Å². The van der Waals surface area contributed by atoms with Crippen molar-refractivity contribution in [2.75, 3.05) is 0 Å². The van der Waals surface area contributed by atoms with E-state index in [0.717, 1.165) is 30.2 Å². The van der Waals surface area contributed by atoms with Gasteiger partial charge >= 0.3 is 0 Å². The number of thioether (sulfide) groups is 1. The molecule has 154 valence electrons. The number of aryl methyl sites for hydroxylation is 1. The van der Waals surface area contributed by atoms with Gasteiger partial charge in [0, 0.05) is 17.3 Å². The Kier molecular flexibility index (Phi) is 5.08. The van der Waals surface area contributed by atoms with Crippen LogP contribution in [-0.2, 0) is 12.2 Å². The largest absolute Gasteiger partial charge is 0.309 e. The number of nitrogens with one attached hydrogen (secondary N) is 1. The molecule has 1 fully saturated rings. The molecule has 5 rings (SSSR count). The summed E-state index contributed by atoms with van der Waals surface area (Å²) in [4.78, 5) is 34.4. The standard InChI is InChI=1S/C20H19N5O2S3/c1-10-16-18(27)21-14(22-19(16)30-17(10)11(2)26)9-29-20-24-23-15(25(20)12-5-6-12)8-13-4-3-7-28-13/h3-4,7,12H,5-6,8-9H2,1-2H3,(H,21,22,27). The first-order valence-electron chi connectivity index (χ1n) is 9.63. The number of thiophene rings is 2. The van der Waals surface area contributed by atoms with Crippen molar-refractivity contribution >= 4 is 50.4 Å². The number of carbonyl (C=O) groups is 1. The molecule has 1 aliphatic rings. The highest BCUT2D eigenvalue weighted by Gasteiger charge is 2.30. The molecule has 0 spiro atoms. The number of carbonyl (C=O) groups excluding carboxylic acids is 1.